The summed E-state index contributed by atoms with van der Waals surface area (Å²) in [6.07, 6.45) is -3.84. The number of likely N-dealkylation sites (N-methyl/N-ethyl adjacent to an activating group) is 2. The number of alkyl halides is 1. The zero-order valence-corrected chi connectivity index (χ0v) is 31.9. The van der Waals surface area contributed by atoms with Crippen LogP contribution in [0, 0.1) is 5.41 Å². The third-order valence-electron chi connectivity index (χ3n) is 7.68. The molecular weight excluding hydrogens is 635 g/mol. The van der Waals surface area contributed by atoms with Gasteiger partial charge in [-0.05, 0) is 82.8 Å². The highest BCUT2D eigenvalue weighted by atomic mass is 19.1. The number of carbonyl (C=O) groups excluding carboxylic acids is 4. The van der Waals surface area contributed by atoms with E-state index in [1.54, 1.807) is 20.8 Å². The molecule has 2 amide bonds. The maximum Gasteiger partial charge on any atom is 0.410 e. The van der Waals surface area contributed by atoms with Crippen molar-refractivity contribution in [2.24, 2.45) is 5.41 Å². The molecule has 0 aromatic heterocycles. The van der Waals surface area contributed by atoms with Gasteiger partial charge in [-0.1, -0.05) is 65.8 Å². The number of ether oxygens (including phenoxy) is 3. The van der Waals surface area contributed by atoms with Crippen LogP contribution in [0.1, 0.15) is 113 Å². The van der Waals surface area contributed by atoms with Gasteiger partial charge in [-0.25, -0.2) is 23.6 Å². The first-order valence-corrected chi connectivity index (χ1v) is 16.7. The van der Waals surface area contributed by atoms with Crippen LogP contribution >= 0.6 is 0 Å². The first-order valence-electron chi connectivity index (χ1n) is 16.7. The summed E-state index contributed by atoms with van der Waals surface area (Å²) in [4.78, 5) is 67.7. The number of esters is 2. The number of aryl methyl sites for hydroxylation is 1. The lowest BCUT2D eigenvalue weighted by atomic mass is 9.86. The summed E-state index contributed by atoms with van der Waals surface area (Å²) < 4.78 is 31.4. The SMILES string of the molecule is C[C@@H](OC(=O)[C@H](CC(C)(C)C)N(C)C(=O)[C@@H](CCc1ccc(C(C)(C)C)cc1)OC(=O)[C@H](CC(C)(C)F)N(C)C(=O)OC(C)(C)C)C(=O)O. The second kappa shape index (κ2) is 16.8. The van der Waals surface area contributed by atoms with Crippen LogP contribution in [0.25, 0.3) is 0 Å². The lowest BCUT2D eigenvalue weighted by Crippen LogP contribution is -2.52. The van der Waals surface area contributed by atoms with Gasteiger partial charge in [0.15, 0.2) is 12.2 Å². The molecule has 0 spiro atoms. The van der Waals surface area contributed by atoms with Crippen molar-refractivity contribution in [3.05, 3.63) is 35.4 Å². The molecule has 0 aliphatic rings. The van der Waals surface area contributed by atoms with E-state index in [2.05, 4.69) is 20.8 Å². The Morgan fingerprint density at radius 1 is 0.776 bits per heavy atom. The highest BCUT2D eigenvalue weighted by molar-refractivity contribution is 5.90. The molecule has 11 nitrogen and oxygen atoms in total. The second-order valence-corrected chi connectivity index (χ2v) is 16.6. The molecule has 12 heteroatoms. The molecule has 0 saturated carbocycles. The number of nitrogens with zero attached hydrogens (tertiary/aromatic N) is 2. The van der Waals surface area contributed by atoms with Gasteiger partial charge in [-0.15, -0.1) is 0 Å². The van der Waals surface area contributed by atoms with Gasteiger partial charge in [0, 0.05) is 20.5 Å². The molecular formula is C37H59FN2O9. The number of benzene rings is 1. The van der Waals surface area contributed by atoms with Crippen LogP contribution in [-0.2, 0) is 45.2 Å². The smallest absolute Gasteiger partial charge is 0.410 e. The van der Waals surface area contributed by atoms with Crippen LogP contribution in [0.5, 0.6) is 0 Å². The number of carbonyl (C=O) groups is 5. The van der Waals surface area contributed by atoms with Crippen molar-refractivity contribution in [2.45, 2.75) is 150 Å². The number of carboxylic acid groups (broad SMARTS) is 1. The van der Waals surface area contributed by atoms with Gasteiger partial charge in [0.25, 0.3) is 5.91 Å². The van der Waals surface area contributed by atoms with Crippen molar-refractivity contribution in [1.29, 1.82) is 0 Å². The first-order chi connectivity index (χ1) is 22.0. The summed E-state index contributed by atoms with van der Waals surface area (Å²) in [7, 11) is 2.66. The van der Waals surface area contributed by atoms with Crippen LogP contribution in [-0.4, -0.2) is 94.5 Å². The Labute approximate surface area is 291 Å². The fourth-order valence-corrected chi connectivity index (χ4v) is 4.86. The van der Waals surface area contributed by atoms with Gasteiger partial charge in [0.05, 0.1) is 0 Å². The van der Waals surface area contributed by atoms with Crippen molar-refractivity contribution < 1.29 is 47.7 Å². The fourth-order valence-electron chi connectivity index (χ4n) is 4.86. The summed E-state index contributed by atoms with van der Waals surface area (Å²) in [6.45, 7) is 20.5. The van der Waals surface area contributed by atoms with Gasteiger partial charge >= 0.3 is 24.0 Å². The Morgan fingerprint density at radius 3 is 1.69 bits per heavy atom. The number of halogens is 1. The van der Waals surface area contributed by atoms with E-state index in [0.717, 1.165) is 20.9 Å². The van der Waals surface area contributed by atoms with Crippen LogP contribution in [0.3, 0.4) is 0 Å². The monoisotopic (exact) mass is 694 g/mol. The minimum atomic E-state index is -1.91. The average molecular weight is 695 g/mol. The van der Waals surface area contributed by atoms with Crippen LogP contribution in [0.4, 0.5) is 9.18 Å². The van der Waals surface area contributed by atoms with Gasteiger partial charge in [-0.2, -0.15) is 0 Å². The maximum atomic E-state index is 15.0. The second-order valence-electron chi connectivity index (χ2n) is 16.6. The van der Waals surface area contributed by atoms with Crippen molar-refractivity contribution in [1.82, 2.24) is 9.80 Å². The largest absolute Gasteiger partial charge is 0.479 e. The lowest BCUT2D eigenvalue weighted by Gasteiger charge is -2.35. The predicted molar refractivity (Wildman–Crippen MR) is 185 cm³/mol. The van der Waals surface area contributed by atoms with Crippen molar-refractivity contribution in [2.75, 3.05) is 14.1 Å². The molecule has 0 saturated heterocycles. The minimum Gasteiger partial charge on any atom is -0.479 e. The van der Waals surface area contributed by atoms with Crippen LogP contribution in [0.2, 0.25) is 0 Å². The van der Waals surface area contributed by atoms with Crippen LogP contribution in [0.15, 0.2) is 24.3 Å². The highest BCUT2D eigenvalue weighted by Crippen LogP contribution is 2.28. The quantitative estimate of drug-likeness (QED) is 0.171. The maximum absolute atomic E-state index is 15.0. The van der Waals surface area contributed by atoms with Crippen molar-refractivity contribution in [3.63, 3.8) is 0 Å². The summed E-state index contributed by atoms with van der Waals surface area (Å²) in [6, 6.07) is 5.15. The highest BCUT2D eigenvalue weighted by Gasteiger charge is 2.41. The standard InChI is InChI=1S/C37H59FN2O9/c1-23(30(42)43)47-31(44)26(21-34(2,3)4)39(13)29(41)28(20-17-24-15-18-25(19-16-24)35(5,6)7)48-32(45)27(22-37(11,12)38)40(14)33(46)49-36(8,9)10/h15-16,18-19,23,26-28H,17,20-22H2,1-14H3,(H,42,43)/t23-,26+,27+,28-/m1/s1. The van der Waals surface area contributed by atoms with E-state index in [4.69, 9.17) is 14.2 Å². The Morgan fingerprint density at radius 2 is 1.27 bits per heavy atom. The fraction of sp³-hybridized carbons (Fsp3) is 0.703. The predicted octanol–water partition coefficient (Wildman–Crippen LogP) is 6.48. The van der Waals surface area contributed by atoms with E-state index in [-0.39, 0.29) is 18.3 Å². The van der Waals surface area contributed by atoms with E-state index in [9.17, 15) is 29.1 Å². The van der Waals surface area contributed by atoms with Crippen molar-refractivity contribution in [3.8, 4) is 0 Å². The molecule has 1 aromatic rings. The lowest BCUT2D eigenvalue weighted by molar-refractivity contribution is -0.173. The minimum absolute atomic E-state index is 0.00547. The molecule has 49 heavy (non-hydrogen) atoms. The van der Waals surface area contributed by atoms with Gasteiger partial charge < -0.3 is 24.2 Å². The Kier molecular flexibility index (Phi) is 14.9. The Hall–Kier alpha value is -3.70. The third kappa shape index (κ3) is 15.2. The molecule has 4 atom stereocenters. The molecule has 0 aliphatic heterocycles. The number of amides is 2. The summed E-state index contributed by atoms with van der Waals surface area (Å²) in [5.74, 6) is -4.04. The summed E-state index contributed by atoms with van der Waals surface area (Å²) in [5.41, 5.74) is -1.42. The molecule has 0 aliphatic carbocycles. The molecule has 0 fully saturated rings. The normalized spacial score (nSPS) is 14.9. The zero-order valence-electron chi connectivity index (χ0n) is 31.9. The van der Waals surface area contributed by atoms with E-state index in [0.29, 0.717) is 6.42 Å². The number of aliphatic carboxylic acids is 1. The molecule has 0 heterocycles. The Balaban J connectivity index is 3.57. The van der Waals surface area contributed by atoms with Crippen LogP contribution < -0.4 is 0 Å². The molecule has 1 aromatic carbocycles. The Bertz CT molecular complexity index is 1300. The number of hydrogen-bond donors (Lipinski definition) is 1. The molecule has 0 bridgehead atoms. The first kappa shape index (κ1) is 43.3. The van der Waals surface area contributed by atoms with E-state index in [1.165, 1.54) is 34.9 Å². The van der Waals surface area contributed by atoms with E-state index < -0.39 is 77.3 Å². The van der Waals surface area contributed by atoms with Gasteiger partial charge in [-0.3, -0.25) is 9.69 Å². The van der Waals surface area contributed by atoms with Gasteiger partial charge in [0.1, 0.15) is 23.4 Å². The zero-order chi connectivity index (χ0) is 38.3. The topological polar surface area (TPSA) is 140 Å². The molecule has 278 valence electrons. The molecule has 1 rings (SSSR count). The summed E-state index contributed by atoms with van der Waals surface area (Å²) in [5, 5.41) is 9.32. The summed E-state index contributed by atoms with van der Waals surface area (Å²) >= 11 is 0. The van der Waals surface area contributed by atoms with E-state index >= 15 is 4.39 Å². The molecule has 0 unspecified atom stereocenters. The van der Waals surface area contributed by atoms with Crippen molar-refractivity contribution >= 4 is 29.9 Å². The molecule has 0 radical (unpaired) electrons. The number of carboxylic acids is 1. The number of rotatable bonds is 14. The average Bonchev–Trinajstić information content (AvgIpc) is 2.93. The van der Waals surface area contributed by atoms with E-state index in [1.807, 2.05) is 45.0 Å². The molecule has 1 N–H and O–H groups in total. The van der Waals surface area contributed by atoms with Gasteiger partial charge in [0.2, 0.25) is 0 Å². The third-order valence-corrected chi connectivity index (χ3v) is 7.68. The number of hydrogen-bond acceptors (Lipinski definition) is 8.